The molecule has 0 fully saturated rings. The molecule has 2 heterocycles. The Morgan fingerprint density at radius 3 is 2.79 bits per heavy atom. The summed E-state index contributed by atoms with van der Waals surface area (Å²) in [5.74, 6) is 0. The number of H-pyrrole nitrogens is 2. The molecule has 1 aliphatic rings. The third kappa shape index (κ3) is 2.24. The molecule has 98 valence electrons. The molecule has 3 N–H and O–H groups in total. The molecule has 0 aliphatic carbocycles. The Kier molecular flexibility index (Phi) is 2.83. The first-order valence-electron chi connectivity index (χ1n) is 6.13. The van der Waals surface area contributed by atoms with Crippen molar-refractivity contribution in [3.63, 3.8) is 0 Å². The molecule has 0 saturated heterocycles. The lowest BCUT2D eigenvalue weighted by Gasteiger charge is -2.26. The van der Waals surface area contributed by atoms with E-state index in [-0.39, 0.29) is 11.6 Å². The second-order valence-corrected chi connectivity index (χ2v) is 4.50. The van der Waals surface area contributed by atoms with Crippen LogP contribution in [-0.2, 0) is 13.0 Å². The first-order valence-corrected chi connectivity index (χ1v) is 6.13. The molecule has 2 aromatic rings. The number of nitrogens with zero attached hydrogens (tertiary/aromatic N) is 1. The fourth-order valence-corrected chi connectivity index (χ4v) is 2.23. The van der Waals surface area contributed by atoms with E-state index in [9.17, 15) is 9.59 Å². The van der Waals surface area contributed by atoms with Crippen LogP contribution < -0.4 is 10.9 Å². The molecule has 1 aromatic carbocycles. The number of anilines is 1. The molecule has 0 saturated carbocycles. The topological polar surface area (TPSA) is 81.0 Å². The van der Waals surface area contributed by atoms with E-state index in [1.165, 1.54) is 0 Å². The summed E-state index contributed by atoms with van der Waals surface area (Å²) in [6.45, 7) is 0.972. The van der Waals surface area contributed by atoms with Crippen LogP contribution in [0.25, 0.3) is 0 Å². The van der Waals surface area contributed by atoms with Crippen molar-refractivity contribution in [2.45, 2.75) is 13.0 Å². The number of benzene rings is 1. The Bertz CT molecular complexity index is 644. The van der Waals surface area contributed by atoms with Crippen LogP contribution >= 0.6 is 0 Å². The van der Waals surface area contributed by atoms with Gasteiger partial charge in [-0.1, -0.05) is 18.2 Å². The highest BCUT2D eigenvalue weighted by molar-refractivity contribution is 5.89. The molecule has 6 nitrogen and oxygen atoms in total. The average molecular weight is 258 g/mol. The van der Waals surface area contributed by atoms with Gasteiger partial charge in [0.25, 0.3) is 5.56 Å². The predicted molar refractivity (Wildman–Crippen MR) is 71.0 cm³/mol. The molecule has 2 amide bonds. The Hall–Kier alpha value is -2.50. The number of aromatic amines is 2. The standard InChI is InChI=1S/C13H14N4O2/c18-12-10-6-7-17(8-11(10)15-16-12)13(19)14-9-4-2-1-3-5-9/h1-5H,6-8H2,(H,14,19)(H2,15,16,18). The van der Waals surface area contributed by atoms with Crippen molar-refractivity contribution in [1.82, 2.24) is 15.1 Å². The molecule has 19 heavy (non-hydrogen) atoms. The minimum atomic E-state index is -0.154. The lowest BCUT2D eigenvalue weighted by Crippen LogP contribution is -2.39. The van der Waals surface area contributed by atoms with E-state index < -0.39 is 0 Å². The normalized spacial score (nSPS) is 14.0. The maximum atomic E-state index is 12.1. The van der Waals surface area contributed by atoms with E-state index in [4.69, 9.17) is 0 Å². The number of amides is 2. The number of hydrogen-bond donors (Lipinski definition) is 3. The Morgan fingerprint density at radius 1 is 1.21 bits per heavy atom. The molecule has 3 rings (SSSR count). The zero-order valence-electron chi connectivity index (χ0n) is 10.3. The van der Waals surface area contributed by atoms with Crippen molar-refractivity contribution in [1.29, 1.82) is 0 Å². The largest absolute Gasteiger partial charge is 0.322 e. The van der Waals surface area contributed by atoms with Gasteiger partial charge in [-0.15, -0.1) is 0 Å². The fraction of sp³-hybridized carbons (Fsp3) is 0.231. The van der Waals surface area contributed by atoms with Crippen LogP contribution in [0.2, 0.25) is 0 Å². The lowest BCUT2D eigenvalue weighted by atomic mass is 10.1. The van der Waals surface area contributed by atoms with E-state index >= 15 is 0 Å². The molecule has 1 aromatic heterocycles. The first kappa shape index (κ1) is 11.6. The van der Waals surface area contributed by atoms with Crippen LogP contribution in [0, 0.1) is 0 Å². The Labute approximate surface area is 109 Å². The second-order valence-electron chi connectivity index (χ2n) is 4.50. The summed E-state index contributed by atoms with van der Waals surface area (Å²) < 4.78 is 0. The number of fused-ring (bicyclic) bond motifs is 1. The van der Waals surface area contributed by atoms with Crippen molar-refractivity contribution in [2.24, 2.45) is 0 Å². The van der Waals surface area contributed by atoms with Crippen molar-refractivity contribution >= 4 is 11.7 Å². The van der Waals surface area contributed by atoms with Gasteiger partial charge in [0.05, 0.1) is 12.2 Å². The smallest absolute Gasteiger partial charge is 0.318 e. The van der Waals surface area contributed by atoms with Crippen molar-refractivity contribution in [3.8, 4) is 0 Å². The summed E-state index contributed by atoms with van der Waals surface area (Å²) in [4.78, 5) is 25.2. The van der Waals surface area contributed by atoms with E-state index in [0.717, 1.165) is 16.9 Å². The molecule has 1 aliphatic heterocycles. The number of urea groups is 1. The Balaban J connectivity index is 1.71. The molecular weight excluding hydrogens is 244 g/mol. The van der Waals surface area contributed by atoms with Crippen LogP contribution in [0.3, 0.4) is 0 Å². The van der Waals surface area contributed by atoms with Gasteiger partial charge < -0.3 is 15.3 Å². The summed E-state index contributed by atoms with van der Waals surface area (Å²) in [6, 6.07) is 9.16. The fourth-order valence-electron chi connectivity index (χ4n) is 2.23. The van der Waals surface area contributed by atoms with Gasteiger partial charge in [0, 0.05) is 17.8 Å². The zero-order chi connectivity index (χ0) is 13.2. The number of para-hydroxylation sites is 1. The van der Waals surface area contributed by atoms with E-state index in [0.29, 0.717) is 19.5 Å². The maximum absolute atomic E-state index is 12.1. The van der Waals surface area contributed by atoms with Crippen molar-refractivity contribution in [2.75, 3.05) is 11.9 Å². The number of nitrogens with one attached hydrogen (secondary N) is 3. The highest BCUT2D eigenvalue weighted by atomic mass is 16.2. The van der Waals surface area contributed by atoms with Gasteiger partial charge in [0.2, 0.25) is 0 Å². The summed E-state index contributed by atoms with van der Waals surface area (Å²) in [7, 11) is 0. The predicted octanol–water partition coefficient (Wildman–Crippen LogP) is 1.29. The van der Waals surface area contributed by atoms with Gasteiger partial charge in [0.1, 0.15) is 0 Å². The quantitative estimate of drug-likeness (QED) is 0.720. The third-order valence-corrected chi connectivity index (χ3v) is 3.26. The van der Waals surface area contributed by atoms with Crippen LogP contribution in [0.5, 0.6) is 0 Å². The van der Waals surface area contributed by atoms with Gasteiger partial charge >= 0.3 is 6.03 Å². The van der Waals surface area contributed by atoms with Gasteiger partial charge in [0.15, 0.2) is 0 Å². The zero-order valence-corrected chi connectivity index (χ0v) is 10.3. The third-order valence-electron chi connectivity index (χ3n) is 3.26. The average Bonchev–Trinajstić information content (AvgIpc) is 2.81. The van der Waals surface area contributed by atoms with Gasteiger partial charge in [-0.25, -0.2) is 4.79 Å². The highest BCUT2D eigenvalue weighted by Crippen LogP contribution is 2.15. The minimum absolute atomic E-state index is 0.0851. The van der Waals surface area contributed by atoms with Crippen LogP contribution in [-0.4, -0.2) is 27.7 Å². The number of hydrogen-bond acceptors (Lipinski definition) is 2. The SMILES string of the molecule is O=C(Nc1ccccc1)N1CCc2c([nH][nH]c2=O)C1. The van der Waals surface area contributed by atoms with Crippen molar-refractivity contribution < 1.29 is 4.79 Å². The molecule has 0 bridgehead atoms. The molecule has 6 heteroatoms. The number of carbonyl (C=O) groups excluding carboxylic acids is 1. The van der Waals surface area contributed by atoms with Crippen LogP contribution in [0.1, 0.15) is 11.3 Å². The lowest BCUT2D eigenvalue weighted by molar-refractivity contribution is 0.205. The molecule has 0 atom stereocenters. The van der Waals surface area contributed by atoms with Gasteiger partial charge in [-0.05, 0) is 18.6 Å². The summed E-state index contributed by atoms with van der Waals surface area (Å²) in [5.41, 5.74) is 2.22. The second kappa shape index (κ2) is 4.64. The Morgan fingerprint density at radius 2 is 2.00 bits per heavy atom. The molecule has 0 unspecified atom stereocenters. The van der Waals surface area contributed by atoms with E-state index in [1.807, 2.05) is 30.3 Å². The summed E-state index contributed by atoms with van der Waals surface area (Å²) in [5, 5.41) is 8.20. The number of carbonyl (C=O) groups is 1. The van der Waals surface area contributed by atoms with E-state index in [1.54, 1.807) is 4.90 Å². The van der Waals surface area contributed by atoms with Crippen LogP contribution in [0.15, 0.2) is 35.1 Å². The first-order chi connectivity index (χ1) is 9.24. The maximum Gasteiger partial charge on any atom is 0.322 e. The molecule has 0 spiro atoms. The van der Waals surface area contributed by atoms with E-state index in [2.05, 4.69) is 15.5 Å². The monoisotopic (exact) mass is 258 g/mol. The summed E-state index contributed by atoms with van der Waals surface area (Å²) in [6.07, 6.45) is 0.580. The van der Waals surface area contributed by atoms with Gasteiger partial charge in [-0.2, -0.15) is 0 Å². The van der Waals surface area contributed by atoms with Crippen LogP contribution in [0.4, 0.5) is 10.5 Å². The number of aromatic nitrogens is 2. The molecule has 0 radical (unpaired) electrons. The molecular formula is C13H14N4O2. The highest BCUT2D eigenvalue weighted by Gasteiger charge is 2.23. The van der Waals surface area contributed by atoms with Gasteiger partial charge in [-0.3, -0.25) is 9.89 Å². The minimum Gasteiger partial charge on any atom is -0.318 e. The number of rotatable bonds is 1. The van der Waals surface area contributed by atoms with Crippen molar-refractivity contribution in [3.05, 3.63) is 51.9 Å². The summed E-state index contributed by atoms with van der Waals surface area (Å²) >= 11 is 0.